The summed E-state index contributed by atoms with van der Waals surface area (Å²) in [4.78, 5) is 14.7. The van der Waals surface area contributed by atoms with E-state index >= 15 is 0 Å². The smallest absolute Gasteiger partial charge is 0.312 e. The van der Waals surface area contributed by atoms with Gasteiger partial charge in [-0.1, -0.05) is 60.2 Å². The van der Waals surface area contributed by atoms with E-state index in [1.165, 1.54) is 12.1 Å². The first-order valence-corrected chi connectivity index (χ1v) is 9.40. The van der Waals surface area contributed by atoms with Gasteiger partial charge in [-0.05, 0) is 48.7 Å². The second-order valence-electron chi connectivity index (χ2n) is 6.99. The average Bonchev–Trinajstić information content (AvgIpc) is 2.70. The predicted octanol–water partition coefficient (Wildman–Crippen LogP) is 5.83. The molecule has 0 unspecified atom stereocenters. The van der Waals surface area contributed by atoms with Crippen LogP contribution in [0.15, 0.2) is 78.9 Å². The van der Waals surface area contributed by atoms with Crippen LogP contribution in [0.2, 0.25) is 0 Å². The Labute approximate surface area is 168 Å². The molecular weight excluding hydrogens is 375 g/mol. The van der Waals surface area contributed by atoms with Crippen molar-refractivity contribution < 1.29 is 18.0 Å². The van der Waals surface area contributed by atoms with E-state index in [0.717, 1.165) is 34.5 Å². The maximum absolute atomic E-state index is 13.0. The van der Waals surface area contributed by atoms with Gasteiger partial charge in [-0.15, -0.1) is 0 Å². The molecule has 0 saturated carbocycles. The normalized spacial score (nSPS) is 11.3. The van der Waals surface area contributed by atoms with E-state index in [-0.39, 0.29) is 12.3 Å². The average molecular weight is 397 g/mol. The van der Waals surface area contributed by atoms with Crippen molar-refractivity contribution in [2.24, 2.45) is 0 Å². The van der Waals surface area contributed by atoms with E-state index in [0.29, 0.717) is 13.0 Å². The number of halogens is 3. The summed E-state index contributed by atoms with van der Waals surface area (Å²) in [6.07, 6.45) is -3.62. The van der Waals surface area contributed by atoms with Crippen molar-refractivity contribution in [1.29, 1.82) is 0 Å². The lowest BCUT2D eigenvalue weighted by Gasteiger charge is -2.23. The van der Waals surface area contributed by atoms with Crippen LogP contribution in [0.4, 0.5) is 18.9 Å². The molecule has 0 saturated heterocycles. The van der Waals surface area contributed by atoms with Crippen LogP contribution in [0.5, 0.6) is 0 Å². The monoisotopic (exact) mass is 397 g/mol. The summed E-state index contributed by atoms with van der Waals surface area (Å²) in [7, 11) is 0. The highest BCUT2D eigenvalue weighted by atomic mass is 19.4. The Balaban J connectivity index is 1.76. The van der Waals surface area contributed by atoms with Gasteiger partial charge in [0.15, 0.2) is 0 Å². The van der Waals surface area contributed by atoms with Gasteiger partial charge in [-0.2, -0.15) is 13.2 Å². The molecule has 3 rings (SSSR count). The van der Waals surface area contributed by atoms with Crippen LogP contribution in [0, 0.1) is 6.92 Å². The second kappa shape index (κ2) is 8.95. The number of carbonyl (C=O) groups excluding carboxylic acids is 1. The molecular formula is C24H22F3NO. The summed E-state index contributed by atoms with van der Waals surface area (Å²) in [5.41, 5.74) is 2.87. The van der Waals surface area contributed by atoms with Crippen LogP contribution in [0.3, 0.4) is 0 Å². The first kappa shape index (κ1) is 20.6. The minimum atomic E-state index is -4.35. The van der Waals surface area contributed by atoms with Gasteiger partial charge in [0.05, 0.1) is 12.0 Å². The van der Waals surface area contributed by atoms with E-state index in [2.05, 4.69) is 0 Å². The number of aryl methyl sites for hydroxylation is 1. The van der Waals surface area contributed by atoms with Crippen molar-refractivity contribution in [2.75, 3.05) is 11.4 Å². The van der Waals surface area contributed by atoms with Gasteiger partial charge < -0.3 is 4.90 Å². The van der Waals surface area contributed by atoms with Gasteiger partial charge in [-0.25, -0.2) is 0 Å². The maximum atomic E-state index is 13.0. The van der Waals surface area contributed by atoms with Crippen LogP contribution in [0.25, 0.3) is 0 Å². The Morgan fingerprint density at radius 3 is 2.03 bits per heavy atom. The predicted molar refractivity (Wildman–Crippen MR) is 109 cm³/mol. The number of alkyl halides is 3. The fraction of sp³-hybridized carbons (Fsp3) is 0.208. The van der Waals surface area contributed by atoms with Crippen LogP contribution in [-0.4, -0.2) is 12.5 Å². The molecule has 0 aliphatic carbocycles. The van der Waals surface area contributed by atoms with Crippen molar-refractivity contribution in [2.45, 2.75) is 25.9 Å². The number of amides is 1. The minimum absolute atomic E-state index is 0.0491. The van der Waals surface area contributed by atoms with E-state index in [9.17, 15) is 18.0 Å². The largest absolute Gasteiger partial charge is 0.416 e. The first-order chi connectivity index (χ1) is 13.8. The van der Waals surface area contributed by atoms with Gasteiger partial charge in [0.1, 0.15) is 0 Å². The van der Waals surface area contributed by atoms with Gasteiger partial charge >= 0.3 is 6.18 Å². The number of carbonyl (C=O) groups is 1. The number of nitrogens with zero attached hydrogens (tertiary/aromatic N) is 1. The third-order valence-electron chi connectivity index (χ3n) is 4.75. The molecule has 0 fully saturated rings. The van der Waals surface area contributed by atoms with Crippen molar-refractivity contribution in [3.05, 3.63) is 101 Å². The standard InChI is InChI=1S/C24H22F3NO/c1-18-7-13-22(14-8-18)28(23(29)17-20-5-3-2-4-6-20)16-15-19-9-11-21(12-10-19)24(25,26)27/h2-14H,15-17H2,1H3. The molecule has 0 aliphatic rings. The Morgan fingerprint density at radius 1 is 0.828 bits per heavy atom. The van der Waals surface area contributed by atoms with Crippen LogP contribution in [-0.2, 0) is 23.8 Å². The molecule has 29 heavy (non-hydrogen) atoms. The maximum Gasteiger partial charge on any atom is 0.416 e. The zero-order valence-electron chi connectivity index (χ0n) is 16.1. The Hall–Kier alpha value is -3.08. The van der Waals surface area contributed by atoms with Gasteiger partial charge in [0.2, 0.25) is 5.91 Å². The second-order valence-corrected chi connectivity index (χ2v) is 6.99. The molecule has 0 radical (unpaired) electrons. The fourth-order valence-corrected chi connectivity index (χ4v) is 3.09. The van der Waals surface area contributed by atoms with E-state index in [1.54, 1.807) is 4.90 Å². The minimum Gasteiger partial charge on any atom is -0.312 e. The number of benzene rings is 3. The summed E-state index contributed by atoms with van der Waals surface area (Å²) in [5.74, 6) is -0.0491. The SMILES string of the molecule is Cc1ccc(N(CCc2ccc(C(F)(F)F)cc2)C(=O)Cc2ccccc2)cc1. The summed E-state index contributed by atoms with van der Waals surface area (Å²) < 4.78 is 38.2. The number of rotatable bonds is 6. The molecule has 0 N–H and O–H groups in total. The molecule has 0 bridgehead atoms. The molecule has 3 aromatic carbocycles. The van der Waals surface area contributed by atoms with Gasteiger partial charge in [-0.3, -0.25) is 4.79 Å². The van der Waals surface area contributed by atoms with Crippen molar-refractivity contribution in [3.8, 4) is 0 Å². The Morgan fingerprint density at radius 2 is 1.45 bits per heavy atom. The molecule has 0 heterocycles. The summed E-state index contributed by atoms with van der Waals surface area (Å²) in [6.45, 7) is 2.36. The van der Waals surface area contributed by atoms with Crippen LogP contribution >= 0.6 is 0 Å². The van der Waals surface area contributed by atoms with E-state index in [4.69, 9.17) is 0 Å². The quantitative estimate of drug-likeness (QED) is 0.512. The van der Waals surface area contributed by atoms with Crippen molar-refractivity contribution >= 4 is 11.6 Å². The number of hydrogen-bond donors (Lipinski definition) is 0. The topological polar surface area (TPSA) is 20.3 Å². The Kier molecular flexibility index (Phi) is 6.37. The van der Waals surface area contributed by atoms with E-state index in [1.807, 2.05) is 61.5 Å². The lowest BCUT2D eigenvalue weighted by molar-refractivity contribution is -0.137. The van der Waals surface area contributed by atoms with Crippen molar-refractivity contribution in [1.82, 2.24) is 0 Å². The number of hydrogen-bond acceptors (Lipinski definition) is 1. The zero-order chi connectivity index (χ0) is 20.9. The summed E-state index contributed by atoms with van der Waals surface area (Å²) in [5, 5.41) is 0. The highest BCUT2D eigenvalue weighted by molar-refractivity contribution is 5.94. The highest BCUT2D eigenvalue weighted by Gasteiger charge is 2.29. The third kappa shape index (κ3) is 5.70. The molecule has 2 nitrogen and oxygen atoms in total. The molecule has 150 valence electrons. The van der Waals surface area contributed by atoms with Crippen molar-refractivity contribution in [3.63, 3.8) is 0 Å². The summed E-state index contributed by atoms with van der Waals surface area (Å²) >= 11 is 0. The molecule has 3 aromatic rings. The van der Waals surface area contributed by atoms with Crippen LogP contribution < -0.4 is 4.90 Å². The van der Waals surface area contributed by atoms with Crippen LogP contribution in [0.1, 0.15) is 22.3 Å². The summed E-state index contributed by atoms with van der Waals surface area (Å²) in [6, 6.07) is 22.3. The lowest BCUT2D eigenvalue weighted by Crippen LogP contribution is -2.34. The number of anilines is 1. The molecule has 0 aromatic heterocycles. The first-order valence-electron chi connectivity index (χ1n) is 9.40. The fourth-order valence-electron chi connectivity index (χ4n) is 3.09. The molecule has 0 atom stereocenters. The Bertz CT molecular complexity index is 933. The van der Waals surface area contributed by atoms with Gasteiger partial charge in [0, 0.05) is 12.2 Å². The molecule has 0 spiro atoms. The highest BCUT2D eigenvalue weighted by Crippen LogP contribution is 2.29. The zero-order valence-corrected chi connectivity index (χ0v) is 16.1. The third-order valence-corrected chi connectivity index (χ3v) is 4.75. The molecule has 5 heteroatoms. The van der Waals surface area contributed by atoms with E-state index < -0.39 is 11.7 Å². The molecule has 0 aliphatic heterocycles. The van der Waals surface area contributed by atoms with Gasteiger partial charge in [0.25, 0.3) is 0 Å². The molecule has 1 amide bonds. The lowest BCUT2D eigenvalue weighted by atomic mass is 10.1.